The molecule has 0 amide bonds. The first-order valence-corrected chi connectivity index (χ1v) is 5.59. The van der Waals surface area contributed by atoms with Gasteiger partial charge >= 0.3 is 5.97 Å². The lowest BCUT2D eigenvalue weighted by molar-refractivity contribution is 0.0385. The van der Waals surface area contributed by atoms with Crippen LogP contribution >= 0.6 is 0 Å². The highest BCUT2D eigenvalue weighted by Gasteiger charge is 2.07. The van der Waals surface area contributed by atoms with Gasteiger partial charge in [0.1, 0.15) is 0 Å². The van der Waals surface area contributed by atoms with Crippen molar-refractivity contribution in [2.75, 3.05) is 33.5 Å². The third kappa shape index (κ3) is 5.70. The molecule has 1 aromatic heterocycles. The van der Waals surface area contributed by atoms with Gasteiger partial charge in [0.2, 0.25) is 5.95 Å². The number of hydrogen-bond acceptors (Lipinski definition) is 5. The molecule has 0 unspecified atom stereocenters. The van der Waals surface area contributed by atoms with Gasteiger partial charge in [-0.3, -0.25) is 0 Å². The molecule has 0 radical (unpaired) electrons. The van der Waals surface area contributed by atoms with Crippen molar-refractivity contribution < 1.29 is 23.4 Å². The van der Waals surface area contributed by atoms with Gasteiger partial charge in [0.05, 0.1) is 25.4 Å². The van der Waals surface area contributed by atoms with Crippen molar-refractivity contribution >= 4 is 5.97 Å². The molecule has 0 saturated carbocycles. The van der Waals surface area contributed by atoms with Crippen molar-refractivity contribution in [3.05, 3.63) is 29.8 Å². The lowest BCUT2D eigenvalue weighted by Crippen LogP contribution is -2.10. The van der Waals surface area contributed by atoms with Crippen LogP contribution in [0, 0.1) is 5.95 Å². The fraction of sp³-hybridized carbons (Fsp3) is 0.500. The number of carbonyl (C=O) groups is 1. The van der Waals surface area contributed by atoms with Crippen LogP contribution in [-0.4, -0.2) is 44.5 Å². The summed E-state index contributed by atoms with van der Waals surface area (Å²) in [6.45, 7) is 1.77. The molecule has 0 aliphatic carbocycles. The monoisotopic (exact) mass is 257 g/mol. The Morgan fingerprint density at radius 2 is 2.17 bits per heavy atom. The van der Waals surface area contributed by atoms with E-state index >= 15 is 0 Å². The van der Waals surface area contributed by atoms with E-state index in [4.69, 9.17) is 14.2 Å². The van der Waals surface area contributed by atoms with E-state index in [1.165, 1.54) is 12.3 Å². The minimum absolute atomic E-state index is 0.155. The van der Waals surface area contributed by atoms with E-state index in [2.05, 4.69) is 4.98 Å². The van der Waals surface area contributed by atoms with Crippen LogP contribution in [0.25, 0.3) is 0 Å². The highest BCUT2D eigenvalue weighted by atomic mass is 19.1. The summed E-state index contributed by atoms with van der Waals surface area (Å²) in [7, 11) is 1.60. The first-order valence-electron chi connectivity index (χ1n) is 5.59. The van der Waals surface area contributed by atoms with E-state index in [0.29, 0.717) is 26.2 Å². The molecule has 18 heavy (non-hydrogen) atoms. The number of hydrogen-bond donors (Lipinski definition) is 0. The predicted octanol–water partition coefficient (Wildman–Crippen LogP) is 1.43. The van der Waals surface area contributed by atoms with E-state index in [9.17, 15) is 9.18 Å². The van der Waals surface area contributed by atoms with Crippen LogP contribution in [0.4, 0.5) is 4.39 Å². The predicted molar refractivity (Wildman–Crippen MR) is 61.8 cm³/mol. The lowest BCUT2D eigenvalue weighted by atomic mass is 10.3. The van der Waals surface area contributed by atoms with Crippen LogP contribution in [-0.2, 0) is 14.2 Å². The molecular formula is C12H16FNO4. The van der Waals surface area contributed by atoms with Gasteiger partial charge in [0, 0.05) is 32.4 Å². The maximum absolute atomic E-state index is 12.7. The van der Waals surface area contributed by atoms with Crippen molar-refractivity contribution in [1.29, 1.82) is 0 Å². The highest BCUT2D eigenvalue weighted by molar-refractivity contribution is 5.89. The molecule has 0 aromatic carbocycles. The van der Waals surface area contributed by atoms with Crippen LogP contribution in [0.15, 0.2) is 18.3 Å². The second-order valence-electron chi connectivity index (χ2n) is 3.46. The number of aromatic nitrogens is 1. The first-order chi connectivity index (χ1) is 8.74. The summed E-state index contributed by atoms with van der Waals surface area (Å²) in [5.74, 6) is -1.26. The summed E-state index contributed by atoms with van der Waals surface area (Å²) in [6.07, 6.45) is 1.81. The average molecular weight is 257 g/mol. The zero-order valence-electron chi connectivity index (χ0n) is 10.2. The zero-order chi connectivity index (χ0) is 13.2. The molecule has 0 spiro atoms. The lowest BCUT2D eigenvalue weighted by Gasteiger charge is -2.05. The number of methoxy groups -OCH3 is 1. The molecule has 1 rings (SSSR count). The summed E-state index contributed by atoms with van der Waals surface area (Å²) in [4.78, 5) is 14.8. The van der Waals surface area contributed by atoms with Crippen LogP contribution in [0.3, 0.4) is 0 Å². The number of nitrogens with zero attached hydrogens (tertiary/aromatic N) is 1. The number of halogens is 1. The van der Waals surface area contributed by atoms with Gasteiger partial charge in [0.15, 0.2) is 0 Å². The molecule has 1 aromatic rings. The molecule has 1 heterocycles. The SMILES string of the molecule is COCCOCCCOC(=O)c1ccnc(F)c1. The summed E-state index contributed by atoms with van der Waals surface area (Å²) in [5.41, 5.74) is 0.155. The molecule has 0 N–H and O–H groups in total. The molecular weight excluding hydrogens is 241 g/mol. The van der Waals surface area contributed by atoms with Gasteiger partial charge in [-0.15, -0.1) is 0 Å². The average Bonchev–Trinajstić information content (AvgIpc) is 2.37. The quantitative estimate of drug-likeness (QED) is 0.400. The Labute approximate surface area is 105 Å². The third-order valence-electron chi connectivity index (χ3n) is 2.06. The van der Waals surface area contributed by atoms with E-state index < -0.39 is 11.9 Å². The fourth-order valence-electron chi connectivity index (χ4n) is 1.18. The van der Waals surface area contributed by atoms with Crippen molar-refractivity contribution in [2.45, 2.75) is 6.42 Å². The van der Waals surface area contributed by atoms with Crippen LogP contribution in [0.1, 0.15) is 16.8 Å². The Morgan fingerprint density at radius 3 is 2.89 bits per heavy atom. The highest BCUT2D eigenvalue weighted by Crippen LogP contribution is 2.03. The number of carbonyl (C=O) groups excluding carboxylic acids is 1. The van der Waals surface area contributed by atoms with Gasteiger partial charge in [-0.2, -0.15) is 4.39 Å². The molecule has 100 valence electrons. The van der Waals surface area contributed by atoms with E-state index in [0.717, 1.165) is 6.07 Å². The van der Waals surface area contributed by atoms with Crippen LogP contribution in [0.2, 0.25) is 0 Å². The Hall–Kier alpha value is -1.53. The van der Waals surface area contributed by atoms with E-state index in [-0.39, 0.29) is 12.2 Å². The largest absolute Gasteiger partial charge is 0.462 e. The number of pyridine rings is 1. The second kappa shape index (κ2) is 8.54. The van der Waals surface area contributed by atoms with Crippen molar-refractivity contribution in [3.63, 3.8) is 0 Å². The zero-order valence-corrected chi connectivity index (χ0v) is 10.2. The van der Waals surface area contributed by atoms with Gasteiger partial charge in [-0.1, -0.05) is 0 Å². The standard InChI is InChI=1S/C12H16FNO4/c1-16-7-8-17-5-2-6-18-12(15)10-3-4-14-11(13)9-10/h3-4,9H,2,5-8H2,1H3. The maximum Gasteiger partial charge on any atom is 0.338 e. The van der Waals surface area contributed by atoms with Crippen molar-refractivity contribution in [2.24, 2.45) is 0 Å². The van der Waals surface area contributed by atoms with Gasteiger partial charge in [-0.05, 0) is 6.07 Å². The second-order valence-corrected chi connectivity index (χ2v) is 3.46. The molecule has 0 saturated heterocycles. The first kappa shape index (κ1) is 14.5. The molecule has 0 fully saturated rings. The molecule has 6 heteroatoms. The van der Waals surface area contributed by atoms with E-state index in [1.54, 1.807) is 7.11 Å². The molecule has 0 bridgehead atoms. The fourth-order valence-corrected chi connectivity index (χ4v) is 1.18. The molecule has 0 aliphatic heterocycles. The number of ether oxygens (including phenoxy) is 3. The summed E-state index contributed by atoms with van der Waals surface area (Å²) in [5, 5.41) is 0. The Bertz CT molecular complexity index is 373. The van der Waals surface area contributed by atoms with Crippen LogP contribution in [0.5, 0.6) is 0 Å². The van der Waals surface area contributed by atoms with Gasteiger partial charge < -0.3 is 14.2 Å². The Morgan fingerprint density at radius 1 is 1.33 bits per heavy atom. The van der Waals surface area contributed by atoms with Crippen molar-refractivity contribution in [1.82, 2.24) is 4.98 Å². The summed E-state index contributed by atoms with van der Waals surface area (Å²) in [6, 6.07) is 2.44. The van der Waals surface area contributed by atoms with Gasteiger partial charge in [-0.25, -0.2) is 9.78 Å². The molecule has 0 aliphatic rings. The summed E-state index contributed by atoms with van der Waals surface area (Å²) >= 11 is 0. The normalized spacial score (nSPS) is 10.3. The Balaban J connectivity index is 2.14. The minimum Gasteiger partial charge on any atom is -0.462 e. The smallest absolute Gasteiger partial charge is 0.338 e. The minimum atomic E-state index is -0.702. The topological polar surface area (TPSA) is 57.7 Å². The van der Waals surface area contributed by atoms with Gasteiger partial charge in [0.25, 0.3) is 0 Å². The van der Waals surface area contributed by atoms with Crippen molar-refractivity contribution in [3.8, 4) is 0 Å². The Kier molecular flexibility index (Phi) is 6.90. The molecule has 0 atom stereocenters. The number of esters is 1. The maximum atomic E-state index is 12.7. The van der Waals surface area contributed by atoms with E-state index in [1.807, 2.05) is 0 Å². The summed E-state index contributed by atoms with van der Waals surface area (Å²) < 4.78 is 27.7. The molecule has 5 nitrogen and oxygen atoms in total. The number of rotatable bonds is 8. The van der Waals surface area contributed by atoms with Crippen LogP contribution < -0.4 is 0 Å². The third-order valence-corrected chi connectivity index (χ3v) is 2.06.